The molecule has 2 fully saturated rings. The molecule has 6 heteroatoms. The summed E-state index contributed by atoms with van der Waals surface area (Å²) in [6.45, 7) is 4.97. The number of hydrogen-bond acceptors (Lipinski definition) is 5. The topological polar surface area (TPSA) is 70.8 Å². The lowest BCUT2D eigenvalue weighted by molar-refractivity contribution is 0.181. The number of aromatic nitrogens is 4. The molecule has 24 heavy (non-hydrogen) atoms. The van der Waals surface area contributed by atoms with Gasteiger partial charge in [-0.1, -0.05) is 24.4 Å². The third-order valence-corrected chi connectivity index (χ3v) is 5.55. The number of nitrogens with zero attached hydrogens (tertiary/aromatic N) is 4. The maximum atomic E-state index is 5.61. The largest absolute Gasteiger partial charge is 0.360 e. The van der Waals surface area contributed by atoms with E-state index in [4.69, 9.17) is 4.52 Å². The summed E-state index contributed by atoms with van der Waals surface area (Å²) in [6.07, 6.45) is 8.81. The summed E-state index contributed by atoms with van der Waals surface area (Å²) in [6, 6.07) is 2.20. The van der Waals surface area contributed by atoms with Gasteiger partial charge >= 0.3 is 0 Å². The van der Waals surface area contributed by atoms with Crippen LogP contribution in [0.3, 0.4) is 0 Å². The van der Waals surface area contributed by atoms with E-state index in [1.807, 2.05) is 6.92 Å². The molecule has 1 aliphatic heterocycles. The van der Waals surface area contributed by atoms with Crippen molar-refractivity contribution >= 4 is 0 Å². The quantitative estimate of drug-likeness (QED) is 0.929. The van der Waals surface area contributed by atoms with Gasteiger partial charge in [0.2, 0.25) is 0 Å². The van der Waals surface area contributed by atoms with Crippen LogP contribution < -0.4 is 0 Å². The first-order valence-corrected chi connectivity index (χ1v) is 9.34. The molecule has 6 nitrogen and oxygen atoms in total. The lowest BCUT2D eigenvalue weighted by atomic mass is 9.87. The van der Waals surface area contributed by atoms with Crippen LogP contribution in [0.5, 0.6) is 0 Å². The van der Waals surface area contributed by atoms with Crippen LogP contribution in [0.1, 0.15) is 79.9 Å². The molecule has 4 rings (SSSR count). The van der Waals surface area contributed by atoms with Crippen molar-refractivity contribution in [2.75, 3.05) is 13.1 Å². The molecule has 1 N–H and O–H groups in total. The second-order valence-electron chi connectivity index (χ2n) is 7.38. The first kappa shape index (κ1) is 15.8. The van der Waals surface area contributed by atoms with Crippen LogP contribution in [0.25, 0.3) is 0 Å². The van der Waals surface area contributed by atoms with E-state index in [1.165, 1.54) is 37.8 Å². The minimum Gasteiger partial charge on any atom is -0.360 e. The predicted octanol–water partition coefficient (Wildman–Crippen LogP) is 3.53. The van der Waals surface area contributed by atoms with E-state index in [-0.39, 0.29) is 0 Å². The van der Waals surface area contributed by atoms with Crippen molar-refractivity contribution in [3.8, 4) is 0 Å². The highest BCUT2D eigenvalue weighted by Crippen LogP contribution is 2.32. The van der Waals surface area contributed by atoms with Crippen LogP contribution in [0, 0.1) is 6.92 Å². The average Bonchev–Trinajstić information content (AvgIpc) is 3.26. The lowest BCUT2D eigenvalue weighted by Gasteiger charge is -2.29. The Morgan fingerprint density at radius 3 is 2.62 bits per heavy atom. The number of likely N-dealkylation sites (tertiary alicyclic amines) is 1. The SMILES string of the molecule is Cc1nc(C2CCN(Cc3cc(C4CCCCC4)no3)CC2)n[nH]1. The summed E-state index contributed by atoms with van der Waals surface area (Å²) >= 11 is 0. The first-order valence-electron chi connectivity index (χ1n) is 9.34. The van der Waals surface area contributed by atoms with Gasteiger partial charge in [-0.25, -0.2) is 4.98 Å². The maximum absolute atomic E-state index is 5.61. The fourth-order valence-corrected chi connectivity index (χ4v) is 4.11. The van der Waals surface area contributed by atoms with Gasteiger partial charge in [-0.15, -0.1) is 0 Å². The first-order chi connectivity index (χ1) is 11.8. The molecule has 0 unspecified atom stereocenters. The molecule has 1 aliphatic carbocycles. The number of aryl methyl sites for hydroxylation is 1. The summed E-state index contributed by atoms with van der Waals surface area (Å²) < 4.78 is 5.61. The third-order valence-electron chi connectivity index (χ3n) is 5.55. The Labute approximate surface area is 143 Å². The van der Waals surface area contributed by atoms with Gasteiger partial charge in [-0.3, -0.25) is 10.00 Å². The Bertz CT molecular complexity index is 650. The highest BCUT2D eigenvalue weighted by molar-refractivity contribution is 5.11. The fourth-order valence-electron chi connectivity index (χ4n) is 4.11. The van der Waals surface area contributed by atoms with E-state index in [9.17, 15) is 0 Å². The van der Waals surface area contributed by atoms with E-state index in [1.54, 1.807) is 0 Å². The van der Waals surface area contributed by atoms with Crippen molar-refractivity contribution in [1.29, 1.82) is 0 Å². The summed E-state index contributed by atoms with van der Waals surface area (Å²) in [5, 5.41) is 11.6. The van der Waals surface area contributed by atoms with Crippen LogP contribution in [0.2, 0.25) is 0 Å². The van der Waals surface area contributed by atoms with Crippen molar-refractivity contribution < 1.29 is 4.52 Å². The van der Waals surface area contributed by atoms with Crippen LogP contribution in [-0.2, 0) is 6.54 Å². The highest BCUT2D eigenvalue weighted by atomic mass is 16.5. The monoisotopic (exact) mass is 329 g/mol. The Kier molecular flexibility index (Phi) is 4.65. The number of rotatable bonds is 4. The van der Waals surface area contributed by atoms with Crippen molar-refractivity contribution in [2.45, 2.75) is 70.3 Å². The molecular weight excluding hydrogens is 302 g/mol. The minimum absolute atomic E-state index is 0.485. The number of nitrogens with one attached hydrogen (secondary N) is 1. The molecule has 1 saturated carbocycles. The maximum Gasteiger partial charge on any atom is 0.153 e. The second-order valence-corrected chi connectivity index (χ2v) is 7.38. The van der Waals surface area contributed by atoms with Gasteiger partial charge in [-0.05, 0) is 45.7 Å². The van der Waals surface area contributed by atoms with E-state index in [0.29, 0.717) is 11.8 Å². The molecule has 0 aromatic carbocycles. The summed E-state index contributed by atoms with van der Waals surface area (Å²) in [5.41, 5.74) is 1.18. The van der Waals surface area contributed by atoms with Crippen molar-refractivity contribution in [3.63, 3.8) is 0 Å². The van der Waals surface area contributed by atoms with E-state index in [0.717, 1.165) is 49.9 Å². The van der Waals surface area contributed by atoms with Crippen molar-refractivity contribution in [3.05, 3.63) is 29.2 Å². The van der Waals surface area contributed by atoms with Gasteiger partial charge in [0.05, 0.1) is 12.2 Å². The van der Waals surface area contributed by atoms with Gasteiger partial charge < -0.3 is 4.52 Å². The molecular formula is C18H27N5O. The Morgan fingerprint density at radius 1 is 1.12 bits per heavy atom. The third kappa shape index (κ3) is 3.53. The fraction of sp³-hybridized carbons (Fsp3) is 0.722. The highest BCUT2D eigenvalue weighted by Gasteiger charge is 2.25. The molecule has 2 aliphatic rings. The molecule has 0 spiro atoms. The zero-order valence-electron chi connectivity index (χ0n) is 14.5. The molecule has 3 heterocycles. The van der Waals surface area contributed by atoms with E-state index < -0.39 is 0 Å². The van der Waals surface area contributed by atoms with Gasteiger partial charge in [0, 0.05) is 17.9 Å². The zero-order chi connectivity index (χ0) is 16.4. The Morgan fingerprint density at radius 2 is 1.92 bits per heavy atom. The van der Waals surface area contributed by atoms with Crippen molar-refractivity contribution in [1.82, 2.24) is 25.2 Å². The number of piperidine rings is 1. The smallest absolute Gasteiger partial charge is 0.153 e. The van der Waals surface area contributed by atoms with Crippen molar-refractivity contribution in [2.24, 2.45) is 0 Å². The number of H-pyrrole nitrogens is 1. The van der Waals surface area contributed by atoms with E-state index in [2.05, 4.69) is 31.3 Å². The van der Waals surface area contributed by atoms with Gasteiger partial charge in [-0.2, -0.15) is 5.10 Å². The van der Waals surface area contributed by atoms with Gasteiger partial charge in [0.25, 0.3) is 0 Å². The summed E-state index contributed by atoms with van der Waals surface area (Å²) in [7, 11) is 0. The molecule has 0 amide bonds. The normalized spacial score (nSPS) is 21.4. The molecule has 1 saturated heterocycles. The molecule has 130 valence electrons. The van der Waals surface area contributed by atoms with Crippen LogP contribution >= 0.6 is 0 Å². The van der Waals surface area contributed by atoms with Crippen LogP contribution in [-0.4, -0.2) is 38.3 Å². The van der Waals surface area contributed by atoms with Crippen LogP contribution in [0.4, 0.5) is 0 Å². The van der Waals surface area contributed by atoms with E-state index >= 15 is 0 Å². The molecule has 0 radical (unpaired) electrons. The lowest BCUT2D eigenvalue weighted by Crippen LogP contribution is -2.32. The van der Waals surface area contributed by atoms with Crippen LogP contribution in [0.15, 0.2) is 10.6 Å². The summed E-state index contributed by atoms with van der Waals surface area (Å²) in [4.78, 5) is 6.94. The van der Waals surface area contributed by atoms with Gasteiger partial charge in [0.15, 0.2) is 11.6 Å². The Balaban J connectivity index is 1.30. The Hall–Kier alpha value is -1.69. The molecule has 0 atom stereocenters. The molecule has 0 bridgehead atoms. The van der Waals surface area contributed by atoms with Gasteiger partial charge in [0.1, 0.15) is 5.82 Å². The standard InChI is InChI=1S/C18H27N5O/c1-13-19-18(21-20-13)15-7-9-23(10-8-15)12-16-11-17(22-24-16)14-5-3-2-4-6-14/h11,14-15H,2-10,12H2,1H3,(H,19,20,21). The minimum atomic E-state index is 0.485. The predicted molar refractivity (Wildman–Crippen MR) is 90.7 cm³/mol. The average molecular weight is 329 g/mol. The second kappa shape index (κ2) is 7.05. The molecule has 2 aromatic heterocycles. The molecule has 2 aromatic rings. The number of aromatic amines is 1. The summed E-state index contributed by atoms with van der Waals surface area (Å²) in [5.74, 6) is 4.01. The number of hydrogen-bond donors (Lipinski definition) is 1. The zero-order valence-corrected chi connectivity index (χ0v) is 14.5.